The lowest BCUT2D eigenvalue weighted by Crippen LogP contribution is -2.50. The maximum Gasteiger partial charge on any atom is 0.142 e. The Kier molecular flexibility index (Phi) is 5.38. The highest BCUT2D eigenvalue weighted by molar-refractivity contribution is 6.30. The molecule has 0 aromatic heterocycles. The summed E-state index contributed by atoms with van der Waals surface area (Å²) in [6, 6.07) is 5.63. The van der Waals surface area contributed by atoms with Gasteiger partial charge in [-0.2, -0.15) is 0 Å². The third-order valence-corrected chi connectivity index (χ3v) is 4.38. The van der Waals surface area contributed by atoms with Gasteiger partial charge >= 0.3 is 0 Å². The van der Waals surface area contributed by atoms with Gasteiger partial charge in [0.05, 0.1) is 5.02 Å². The van der Waals surface area contributed by atoms with Crippen molar-refractivity contribution in [1.29, 1.82) is 0 Å². The molecule has 2 rings (SSSR count). The maximum atomic E-state index is 13.6. The van der Waals surface area contributed by atoms with Crippen molar-refractivity contribution in [1.82, 2.24) is 9.80 Å². The minimum Gasteiger partial charge on any atom is -0.329 e. The third-order valence-electron chi connectivity index (χ3n) is 4.07. The van der Waals surface area contributed by atoms with E-state index in [0.29, 0.717) is 12.6 Å². The summed E-state index contributed by atoms with van der Waals surface area (Å²) < 4.78 is 13.6. The van der Waals surface area contributed by atoms with E-state index in [2.05, 4.69) is 23.6 Å². The van der Waals surface area contributed by atoms with Gasteiger partial charge in [-0.15, -0.1) is 0 Å². The Morgan fingerprint density at radius 1 is 1.20 bits per heavy atom. The van der Waals surface area contributed by atoms with Gasteiger partial charge in [0.15, 0.2) is 0 Å². The number of piperazine rings is 1. The average Bonchev–Trinajstić information content (AvgIpc) is 2.44. The van der Waals surface area contributed by atoms with Crippen molar-refractivity contribution in [3.63, 3.8) is 0 Å². The highest BCUT2D eigenvalue weighted by Crippen LogP contribution is 2.25. The first-order chi connectivity index (χ1) is 9.52. The normalized spacial score (nSPS) is 19.5. The quantitative estimate of drug-likeness (QED) is 0.927. The highest BCUT2D eigenvalue weighted by Gasteiger charge is 2.25. The molecule has 3 nitrogen and oxygen atoms in total. The summed E-state index contributed by atoms with van der Waals surface area (Å²) in [6.45, 7) is 8.90. The van der Waals surface area contributed by atoms with Crippen LogP contribution in [0.5, 0.6) is 0 Å². The molecular weight excluding hydrogens is 277 g/mol. The molecule has 1 aromatic carbocycles. The molecule has 1 aliphatic heterocycles. The lowest BCUT2D eigenvalue weighted by Gasteiger charge is -2.40. The van der Waals surface area contributed by atoms with Crippen LogP contribution in [0, 0.1) is 5.82 Å². The first-order valence-electron chi connectivity index (χ1n) is 7.16. The van der Waals surface area contributed by atoms with Crippen molar-refractivity contribution in [2.75, 3.05) is 32.7 Å². The predicted molar refractivity (Wildman–Crippen MR) is 81.5 cm³/mol. The molecule has 1 fully saturated rings. The lowest BCUT2D eigenvalue weighted by molar-refractivity contribution is 0.0801. The van der Waals surface area contributed by atoms with E-state index in [9.17, 15) is 4.39 Å². The van der Waals surface area contributed by atoms with E-state index in [1.165, 1.54) is 6.07 Å². The standard InChI is InChI=1S/C15H23ClFN3/c1-11(2)19-5-7-20(8-6-19)15(10-18)12-3-4-13(16)14(17)9-12/h3-4,9,11,15H,5-8,10,18H2,1-2H3. The number of halogens is 2. The second-order valence-electron chi connectivity index (χ2n) is 5.59. The zero-order valence-electron chi connectivity index (χ0n) is 12.1. The molecule has 0 radical (unpaired) electrons. The second-order valence-corrected chi connectivity index (χ2v) is 6.00. The third kappa shape index (κ3) is 3.50. The maximum absolute atomic E-state index is 13.6. The molecule has 20 heavy (non-hydrogen) atoms. The van der Waals surface area contributed by atoms with Gasteiger partial charge in [-0.05, 0) is 31.5 Å². The molecular formula is C15H23ClFN3. The Labute approximate surface area is 125 Å². The van der Waals surface area contributed by atoms with Crippen LogP contribution in [0.1, 0.15) is 25.5 Å². The summed E-state index contributed by atoms with van der Waals surface area (Å²) in [6.07, 6.45) is 0. The summed E-state index contributed by atoms with van der Waals surface area (Å²) in [5.74, 6) is -0.372. The molecule has 112 valence electrons. The van der Waals surface area contributed by atoms with Gasteiger partial charge in [-0.1, -0.05) is 17.7 Å². The molecule has 2 N–H and O–H groups in total. The van der Waals surface area contributed by atoms with Crippen LogP contribution in [-0.2, 0) is 0 Å². The fourth-order valence-electron chi connectivity index (χ4n) is 2.78. The van der Waals surface area contributed by atoms with Crippen LogP contribution in [0.25, 0.3) is 0 Å². The van der Waals surface area contributed by atoms with Crippen molar-refractivity contribution in [2.45, 2.75) is 25.9 Å². The first kappa shape index (κ1) is 15.7. The van der Waals surface area contributed by atoms with Gasteiger partial charge < -0.3 is 5.73 Å². The molecule has 1 atom stereocenters. The fraction of sp³-hybridized carbons (Fsp3) is 0.600. The highest BCUT2D eigenvalue weighted by atomic mass is 35.5. The monoisotopic (exact) mass is 299 g/mol. The Balaban J connectivity index is 2.07. The van der Waals surface area contributed by atoms with Crippen LogP contribution in [0.3, 0.4) is 0 Å². The molecule has 0 amide bonds. The number of hydrogen-bond donors (Lipinski definition) is 1. The number of hydrogen-bond acceptors (Lipinski definition) is 3. The molecule has 0 bridgehead atoms. The van der Waals surface area contributed by atoms with E-state index in [4.69, 9.17) is 17.3 Å². The van der Waals surface area contributed by atoms with Crippen molar-refractivity contribution in [2.24, 2.45) is 5.73 Å². The molecule has 0 spiro atoms. The van der Waals surface area contributed by atoms with Gasteiger partial charge in [0, 0.05) is 44.8 Å². The Morgan fingerprint density at radius 3 is 2.30 bits per heavy atom. The summed E-state index contributed by atoms with van der Waals surface area (Å²) in [4.78, 5) is 4.79. The second kappa shape index (κ2) is 6.85. The fourth-order valence-corrected chi connectivity index (χ4v) is 2.90. The average molecular weight is 300 g/mol. The topological polar surface area (TPSA) is 32.5 Å². The largest absolute Gasteiger partial charge is 0.329 e. The lowest BCUT2D eigenvalue weighted by atomic mass is 10.0. The molecule has 1 aliphatic rings. The minimum atomic E-state index is -0.372. The molecule has 0 saturated carbocycles. The molecule has 0 aliphatic carbocycles. The summed E-state index contributed by atoms with van der Waals surface area (Å²) in [7, 11) is 0. The van der Waals surface area contributed by atoms with Crippen LogP contribution in [0.2, 0.25) is 5.02 Å². The van der Waals surface area contributed by atoms with Crippen LogP contribution >= 0.6 is 11.6 Å². The van der Waals surface area contributed by atoms with Crippen LogP contribution < -0.4 is 5.73 Å². The van der Waals surface area contributed by atoms with Crippen LogP contribution in [0.4, 0.5) is 4.39 Å². The summed E-state index contributed by atoms with van der Waals surface area (Å²) >= 11 is 5.74. The molecule has 1 heterocycles. The van der Waals surface area contributed by atoms with E-state index in [0.717, 1.165) is 31.7 Å². The smallest absolute Gasteiger partial charge is 0.142 e. The molecule has 1 aromatic rings. The van der Waals surface area contributed by atoms with Crippen LogP contribution in [0.15, 0.2) is 18.2 Å². The summed E-state index contributed by atoms with van der Waals surface area (Å²) in [5.41, 5.74) is 6.82. The Bertz CT molecular complexity index is 445. The number of nitrogens with zero attached hydrogens (tertiary/aromatic N) is 2. The number of benzene rings is 1. The molecule has 1 saturated heterocycles. The van der Waals surface area contributed by atoms with Crippen molar-refractivity contribution >= 4 is 11.6 Å². The van der Waals surface area contributed by atoms with Gasteiger partial charge in [-0.3, -0.25) is 9.80 Å². The van der Waals surface area contributed by atoms with Gasteiger partial charge in [0.25, 0.3) is 0 Å². The minimum absolute atomic E-state index is 0.0658. The number of nitrogens with two attached hydrogens (primary N) is 1. The zero-order valence-corrected chi connectivity index (χ0v) is 12.9. The van der Waals surface area contributed by atoms with Gasteiger partial charge in [0.1, 0.15) is 5.82 Å². The van der Waals surface area contributed by atoms with E-state index < -0.39 is 0 Å². The summed E-state index contributed by atoms with van der Waals surface area (Å²) in [5, 5.41) is 0.161. The molecule has 1 unspecified atom stereocenters. The Morgan fingerprint density at radius 2 is 1.80 bits per heavy atom. The van der Waals surface area contributed by atoms with E-state index in [1.54, 1.807) is 6.07 Å². The first-order valence-corrected chi connectivity index (χ1v) is 7.54. The Hall–Kier alpha value is -0.680. The van der Waals surface area contributed by atoms with E-state index in [-0.39, 0.29) is 16.9 Å². The van der Waals surface area contributed by atoms with E-state index >= 15 is 0 Å². The number of rotatable bonds is 4. The van der Waals surface area contributed by atoms with E-state index in [1.807, 2.05) is 6.07 Å². The van der Waals surface area contributed by atoms with Crippen molar-refractivity contribution in [3.8, 4) is 0 Å². The van der Waals surface area contributed by atoms with Crippen molar-refractivity contribution < 1.29 is 4.39 Å². The zero-order chi connectivity index (χ0) is 14.7. The van der Waals surface area contributed by atoms with Crippen molar-refractivity contribution in [3.05, 3.63) is 34.6 Å². The SMILES string of the molecule is CC(C)N1CCN(C(CN)c2ccc(Cl)c(F)c2)CC1. The molecule has 5 heteroatoms. The van der Waals surface area contributed by atoms with Gasteiger partial charge in [-0.25, -0.2) is 4.39 Å². The van der Waals surface area contributed by atoms with Gasteiger partial charge in [0.2, 0.25) is 0 Å². The predicted octanol–water partition coefficient (Wildman–Crippen LogP) is 2.50. The van der Waals surface area contributed by atoms with Crippen LogP contribution in [-0.4, -0.2) is 48.6 Å².